The first-order valence-corrected chi connectivity index (χ1v) is 7.78. The molecule has 3 rings (SSSR count). The lowest BCUT2D eigenvalue weighted by molar-refractivity contribution is -0.175. The molecule has 5 nitrogen and oxygen atoms in total. The summed E-state index contributed by atoms with van der Waals surface area (Å²) in [6, 6.07) is 5.73. The quantitative estimate of drug-likeness (QED) is 0.789. The molecule has 1 aliphatic heterocycles. The van der Waals surface area contributed by atoms with Crippen LogP contribution < -0.4 is 10.2 Å². The van der Waals surface area contributed by atoms with Gasteiger partial charge in [-0.3, -0.25) is 4.79 Å². The van der Waals surface area contributed by atoms with Gasteiger partial charge in [0.1, 0.15) is 0 Å². The third kappa shape index (κ3) is 2.80. The molecule has 1 aromatic carbocycles. The largest absolute Gasteiger partial charge is 0.449 e. The summed E-state index contributed by atoms with van der Waals surface area (Å²) in [5.41, 5.74) is -3.34. The molecule has 8 heteroatoms. The fourth-order valence-corrected chi connectivity index (χ4v) is 2.57. The first-order valence-electron chi connectivity index (χ1n) is 7.78. The van der Waals surface area contributed by atoms with Crippen LogP contribution in [0.4, 0.5) is 29.3 Å². The van der Waals surface area contributed by atoms with Gasteiger partial charge < -0.3 is 10.1 Å². The number of carbonyl (C=O) groups is 2. The van der Waals surface area contributed by atoms with E-state index in [9.17, 15) is 22.8 Å². The molecule has 25 heavy (non-hydrogen) atoms. The number of nitrogens with zero attached hydrogens (tertiary/aromatic N) is 1. The second kappa shape index (κ2) is 5.99. The van der Waals surface area contributed by atoms with Crippen molar-refractivity contribution in [3.63, 3.8) is 0 Å². The van der Waals surface area contributed by atoms with E-state index in [1.165, 1.54) is 25.1 Å². The molecule has 1 aromatic rings. The lowest BCUT2D eigenvalue weighted by Crippen LogP contribution is -2.69. The van der Waals surface area contributed by atoms with Crippen molar-refractivity contribution in [2.24, 2.45) is 5.92 Å². The maximum absolute atomic E-state index is 14.0. The van der Waals surface area contributed by atoms with E-state index in [2.05, 4.69) is 17.2 Å². The van der Waals surface area contributed by atoms with E-state index in [4.69, 9.17) is 4.74 Å². The second-order valence-electron chi connectivity index (χ2n) is 5.76. The summed E-state index contributed by atoms with van der Waals surface area (Å²) in [4.78, 5) is 25.2. The van der Waals surface area contributed by atoms with Crippen molar-refractivity contribution >= 4 is 23.4 Å². The summed E-state index contributed by atoms with van der Waals surface area (Å²) in [5, 5.41) is 2.22. The predicted molar refractivity (Wildman–Crippen MR) is 83.9 cm³/mol. The number of alkyl halides is 3. The monoisotopic (exact) mass is 352 g/mol. The summed E-state index contributed by atoms with van der Waals surface area (Å²) in [6.45, 7) is 1.34. The molecule has 0 radical (unpaired) electrons. The van der Waals surface area contributed by atoms with Gasteiger partial charge >= 0.3 is 12.3 Å². The van der Waals surface area contributed by atoms with Gasteiger partial charge in [0.25, 0.3) is 11.4 Å². The highest BCUT2D eigenvalue weighted by molar-refractivity contribution is 6.15. The molecular formula is C17H15F3N2O3. The third-order valence-electron chi connectivity index (χ3n) is 3.95. The van der Waals surface area contributed by atoms with Crippen molar-refractivity contribution in [1.29, 1.82) is 0 Å². The molecule has 1 saturated carbocycles. The van der Waals surface area contributed by atoms with Gasteiger partial charge in [-0.25, -0.2) is 9.69 Å². The zero-order chi connectivity index (χ0) is 18.2. The van der Waals surface area contributed by atoms with Crippen LogP contribution in [0.3, 0.4) is 0 Å². The Balaban J connectivity index is 2.24. The van der Waals surface area contributed by atoms with Gasteiger partial charge in [0, 0.05) is 5.92 Å². The van der Waals surface area contributed by atoms with Crippen LogP contribution in [0.1, 0.15) is 19.8 Å². The lowest BCUT2D eigenvalue weighted by atomic mass is 9.91. The van der Waals surface area contributed by atoms with Crippen LogP contribution >= 0.6 is 0 Å². The van der Waals surface area contributed by atoms with Crippen molar-refractivity contribution in [2.75, 3.05) is 16.8 Å². The number of rotatable bonds is 1. The molecule has 0 unspecified atom stereocenters. The number of hydrogen-bond donors (Lipinski definition) is 1. The molecular weight excluding hydrogens is 337 g/mol. The molecule has 2 amide bonds. The van der Waals surface area contributed by atoms with Crippen LogP contribution in [0.5, 0.6) is 0 Å². The zero-order valence-electron chi connectivity index (χ0n) is 13.3. The molecule has 1 atom stereocenters. The highest BCUT2D eigenvalue weighted by Gasteiger charge is 2.68. The van der Waals surface area contributed by atoms with E-state index in [0.29, 0.717) is 17.7 Å². The highest BCUT2D eigenvalue weighted by atomic mass is 19.4. The fourth-order valence-electron chi connectivity index (χ4n) is 2.57. The number of nitrogens with one attached hydrogen (secondary N) is 1. The molecule has 0 spiro atoms. The molecule has 2 aliphatic rings. The number of amides is 2. The number of benzene rings is 1. The molecule has 0 aromatic heterocycles. The summed E-state index contributed by atoms with van der Waals surface area (Å²) in [7, 11) is 0. The van der Waals surface area contributed by atoms with E-state index in [1.54, 1.807) is 6.07 Å². The fraction of sp³-hybridized carbons (Fsp3) is 0.412. The molecule has 1 fully saturated rings. The number of hydrogen-bond acceptors (Lipinski definition) is 3. The van der Waals surface area contributed by atoms with Crippen molar-refractivity contribution in [3.8, 4) is 11.8 Å². The number of para-hydroxylation sites is 2. The molecule has 1 N–H and O–H groups in total. The summed E-state index contributed by atoms with van der Waals surface area (Å²) < 4.78 is 46.9. The van der Waals surface area contributed by atoms with Gasteiger partial charge in [-0.05, 0) is 31.9 Å². The van der Waals surface area contributed by atoms with Crippen LogP contribution in [0.25, 0.3) is 0 Å². The molecule has 132 valence electrons. The minimum atomic E-state index is -5.11. The van der Waals surface area contributed by atoms with E-state index in [-0.39, 0.29) is 23.9 Å². The first kappa shape index (κ1) is 17.1. The van der Waals surface area contributed by atoms with E-state index < -0.39 is 23.7 Å². The Hall–Kier alpha value is -2.69. The van der Waals surface area contributed by atoms with Crippen LogP contribution in [0, 0.1) is 17.8 Å². The van der Waals surface area contributed by atoms with Crippen LogP contribution in [0.2, 0.25) is 0 Å². The van der Waals surface area contributed by atoms with Crippen LogP contribution in [0.15, 0.2) is 24.3 Å². The average molecular weight is 352 g/mol. The van der Waals surface area contributed by atoms with Crippen LogP contribution in [-0.2, 0) is 9.53 Å². The zero-order valence-corrected chi connectivity index (χ0v) is 13.3. The van der Waals surface area contributed by atoms with Crippen LogP contribution in [-0.4, -0.2) is 30.3 Å². The molecule has 1 heterocycles. The first-order chi connectivity index (χ1) is 11.8. The SMILES string of the molecule is CCOC(=O)N1c2ccccc2NC(=O)[C@]1(C#CC1CC1)C(F)(F)F. The van der Waals surface area contributed by atoms with Gasteiger partial charge in [-0.2, -0.15) is 13.2 Å². The number of ether oxygens (including phenoxy) is 1. The second-order valence-corrected chi connectivity index (χ2v) is 5.76. The summed E-state index contributed by atoms with van der Waals surface area (Å²) >= 11 is 0. The maximum atomic E-state index is 14.0. The van der Waals surface area contributed by atoms with Crippen molar-refractivity contribution in [3.05, 3.63) is 24.3 Å². The van der Waals surface area contributed by atoms with Gasteiger partial charge in [0.05, 0.1) is 18.0 Å². The normalized spacial score (nSPS) is 22.4. The van der Waals surface area contributed by atoms with E-state index >= 15 is 0 Å². The average Bonchev–Trinajstić information content (AvgIpc) is 3.35. The van der Waals surface area contributed by atoms with Crippen molar-refractivity contribution in [1.82, 2.24) is 0 Å². The van der Waals surface area contributed by atoms with Gasteiger partial charge in [-0.15, -0.1) is 0 Å². The smallest absolute Gasteiger partial charge is 0.433 e. The Kier molecular flexibility index (Phi) is 4.11. The van der Waals surface area contributed by atoms with E-state index in [1.807, 2.05) is 0 Å². The van der Waals surface area contributed by atoms with Gasteiger partial charge in [0.2, 0.25) is 0 Å². The summed E-state index contributed by atoms with van der Waals surface area (Å²) in [5.74, 6) is 2.93. The standard InChI is InChI=1S/C17H15F3N2O3/c1-2-25-15(24)22-13-6-4-3-5-12(13)21-14(23)16(22,17(18,19)20)10-9-11-7-8-11/h3-6,11H,2,7-8H2,1H3,(H,21,23)/t16-/m1/s1. The molecule has 0 saturated heterocycles. The Morgan fingerprint density at radius 1 is 1.40 bits per heavy atom. The van der Waals surface area contributed by atoms with Gasteiger partial charge in [-0.1, -0.05) is 24.0 Å². The number of fused-ring (bicyclic) bond motifs is 1. The van der Waals surface area contributed by atoms with E-state index in [0.717, 1.165) is 0 Å². The van der Waals surface area contributed by atoms with Crippen molar-refractivity contribution in [2.45, 2.75) is 31.5 Å². The lowest BCUT2D eigenvalue weighted by Gasteiger charge is -2.42. The molecule has 0 bridgehead atoms. The van der Waals surface area contributed by atoms with Gasteiger partial charge in [0.15, 0.2) is 0 Å². The Labute approximate surface area is 142 Å². The topological polar surface area (TPSA) is 58.6 Å². The number of anilines is 2. The number of carbonyl (C=O) groups excluding carboxylic acids is 2. The Bertz CT molecular complexity index is 777. The maximum Gasteiger partial charge on any atom is 0.433 e. The predicted octanol–water partition coefficient (Wildman–Crippen LogP) is 3.32. The minimum absolute atomic E-state index is 0.0913. The Morgan fingerprint density at radius 3 is 2.68 bits per heavy atom. The highest BCUT2D eigenvalue weighted by Crippen LogP contribution is 2.45. The number of halogens is 3. The molecule has 1 aliphatic carbocycles. The summed E-state index contributed by atoms with van der Waals surface area (Å²) in [6.07, 6.45) is -5.02. The van der Waals surface area contributed by atoms with Crippen molar-refractivity contribution < 1.29 is 27.5 Å². The Morgan fingerprint density at radius 2 is 2.08 bits per heavy atom. The minimum Gasteiger partial charge on any atom is -0.449 e. The third-order valence-corrected chi connectivity index (χ3v) is 3.95.